The quantitative estimate of drug-likeness (QED) is 0.454. The standard InChI is InChI=1S/C18H12FN5OS/c1-20-18-17-11(12(6-22-18)9-4-23-24-5-9)2-14(25-17)13-8-26-15-7-21-16(19)3-10(13)15/h2-8H,1H3,(H,20,22)(H,23,24). The van der Waals surface area contributed by atoms with Crippen LogP contribution in [0.2, 0.25) is 0 Å². The van der Waals surface area contributed by atoms with Gasteiger partial charge in [-0.15, -0.1) is 11.3 Å². The first kappa shape index (κ1) is 15.0. The predicted octanol–water partition coefficient (Wildman–Crippen LogP) is 4.68. The Hall–Kier alpha value is -3.26. The minimum absolute atomic E-state index is 0.509. The summed E-state index contributed by atoms with van der Waals surface area (Å²) >= 11 is 1.50. The lowest BCUT2D eigenvalue weighted by Gasteiger charge is -2.03. The molecule has 0 atom stereocenters. The number of fused-ring (bicyclic) bond motifs is 2. The van der Waals surface area contributed by atoms with Gasteiger partial charge in [0.2, 0.25) is 5.95 Å². The Kier molecular flexibility index (Phi) is 3.26. The number of hydrogen-bond acceptors (Lipinski definition) is 6. The van der Waals surface area contributed by atoms with Crippen LogP contribution in [0, 0.1) is 5.95 Å². The summed E-state index contributed by atoms with van der Waals surface area (Å²) in [5, 5.41) is 13.5. The van der Waals surface area contributed by atoms with Crippen LogP contribution in [-0.4, -0.2) is 27.2 Å². The van der Waals surface area contributed by atoms with Gasteiger partial charge in [0.1, 0.15) is 5.76 Å². The molecule has 0 aromatic carbocycles. The molecule has 26 heavy (non-hydrogen) atoms. The van der Waals surface area contributed by atoms with Gasteiger partial charge in [0.05, 0.1) is 10.9 Å². The van der Waals surface area contributed by atoms with Crippen molar-refractivity contribution in [3.63, 3.8) is 0 Å². The van der Waals surface area contributed by atoms with Gasteiger partial charge in [0, 0.05) is 64.5 Å². The maximum Gasteiger partial charge on any atom is 0.213 e. The highest BCUT2D eigenvalue weighted by molar-refractivity contribution is 7.17. The van der Waals surface area contributed by atoms with E-state index in [1.807, 2.05) is 17.6 Å². The number of aromatic nitrogens is 4. The zero-order valence-electron chi connectivity index (χ0n) is 13.6. The molecule has 8 heteroatoms. The summed E-state index contributed by atoms with van der Waals surface area (Å²) in [5.41, 5.74) is 3.32. The van der Waals surface area contributed by atoms with E-state index in [0.29, 0.717) is 17.2 Å². The van der Waals surface area contributed by atoms with E-state index >= 15 is 0 Å². The second kappa shape index (κ2) is 5.63. The van der Waals surface area contributed by atoms with Crippen molar-refractivity contribution >= 4 is 38.2 Å². The van der Waals surface area contributed by atoms with Crippen LogP contribution in [0.25, 0.3) is 43.5 Å². The van der Waals surface area contributed by atoms with Crippen LogP contribution in [0.4, 0.5) is 10.2 Å². The highest BCUT2D eigenvalue weighted by atomic mass is 32.1. The SMILES string of the molecule is CNc1ncc(-c2cn[nH]c2)c2cc(-c3csc4cnc(F)cc34)oc12. The van der Waals surface area contributed by atoms with E-state index in [1.165, 1.54) is 17.4 Å². The third-order valence-corrected chi connectivity index (χ3v) is 5.23. The van der Waals surface area contributed by atoms with Gasteiger partial charge in [0.15, 0.2) is 11.4 Å². The van der Waals surface area contributed by atoms with Crippen molar-refractivity contribution in [3.05, 3.63) is 48.2 Å². The third-order valence-electron chi connectivity index (χ3n) is 4.30. The molecule has 0 aliphatic heterocycles. The second-order valence-electron chi connectivity index (χ2n) is 5.76. The van der Waals surface area contributed by atoms with Crippen LogP contribution in [0.1, 0.15) is 0 Å². The van der Waals surface area contributed by atoms with Gasteiger partial charge in [0.25, 0.3) is 0 Å². The van der Waals surface area contributed by atoms with Gasteiger partial charge < -0.3 is 9.73 Å². The van der Waals surface area contributed by atoms with Crippen molar-refractivity contribution in [2.75, 3.05) is 12.4 Å². The first-order valence-electron chi connectivity index (χ1n) is 7.87. The van der Waals surface area contributed by atoms with Gasteiger partial charge in [-0.25, -0.2) is 9.97 Å². The van der Waals surface area contributed by atoms with Gasteiger partial charge in [-0.1, -0.05) is 0 Å². The normalized spacial score (nSPS) is 11.5. The van der Waals surface area contributed by atoms with E-state index in [0.717, 1.165) is 32.2 Å². The fourth-order valence-electron chi connectivity index (χ4n) is 3.06. The first-order chi connectivity index (χ1) is 12.7. The van der Waals surface area contributed by atoms with Crippen LogP contribution in [-0.2, 0) is 0 Å². The summed E-state index contributed by atoms with van der Waals surface area (Å²) < 4.78 is 20.7. The van der Waals surface area contributed by atoms with E-state index < -0.39 is 5.95 Å². The smallest absolute Gasteiger partial charge is 0.213 e. The van der Waals surface area contributed by atoms with Crippen molar-refractivity contribution in [1.29, 1.82) is 0 Å². The fraction of sp³-hybridized carbons (Fsp3) is 0.0556. The Morgan fingerprint density at radius 1 is 1.12 bits per heavy atom. The molecule has 0 fully saturated rings. The number of nitrogens with one attached hydrogen (secondary N) is 2. The molecule has 0 bridgehead atoms. The van der Waals surface area contributed by atoms with E-state index in [2.05, 4.69) is 25.5 Å². The van der Waals surface area contributed by atoms with Crippen molar-refractivity contribution in [2.24, 2.45) is 0 Å². The van der Waals surface area contributed by atoms with Crippen LogP contribution in [0.5, 0.6) is 0 Å². The van der Waals surface area contributed by atoms with Crippen LogP contribution in [0.3, 0.4) is 0 Å². The number of aromatic amines is 1. The Morgan fingerprint density at radius 3 is 2.85 bits per heavy atom. The van der Waals surface area contributed by atoms with Crippen molar-refractivity contribution in [2.45, 2.75) is 0 Å². The van der Waals surface area contributed by atoms with Crippen molar-refractivity contribution < 1.29 is 8.81 Å². The van der Waals surface area contributed by atoms with E-state index in [1.54, 1.807) is 25.6 Å². The van der Waals surface area contributed by atoms with E-state index in [-0.39, 0.29) is 0 Å². The van der Waals surface area contributed by atoms with Crippen LogP contribution in [0.15, 0.2) is 46.7 Å². The predicted molar refractivity (Wildman–Crippen MR) is 99.7 cm³/mol. The molecule has 5 aromatic heterocycles. The van der Waals surface area contributed by atoms with Crippen molar-refractivity contribution in [1.82, 2.24) is 20.2 Å². The molecule has 5 rings (SSSR count). The largest absolute Gasteiger partial charge is 0.452 e. The fourth-order valence-corrected chi connectivity index (χ4v) is 3.96. The van der Waals surface area contributed by atoms with Crippen molar-refractivity contribution in [3.8, 4) is 22.5 Å². The number of nitrogens with zero attached hydrogens (tertiary/aromatic N) is 3. The molecule has 0 saturated heterocycles. The molecule has 6 nitrogen and oxygen atoms in total. The van der Waals surface area contributed by atoms with Crippen LogP contribution < -0.4 is 5.32 Å². The zero-order chi connectivity index (χ0) is 17.7. The minimum Gasteiger partial charge on any atom is -0.452 e. The summed E-state index contributed by atoms with van der Waals surface area (Å²) in [6.07, 6.45) is 6.87. The number of pyridine rings is 2. The maximum absolute atomic E-state index is 13.6. The summed E-state index contributed by atoms with van der Waals surface area (Å²) in [6.45, 7) is 0. The molecule has 0 spiro atoms. The lowest BCUT2D eigenvalue weighted by Crippen LogP contribution is -1.92. The van der Waals surface area contributed by atoms with E-state index in [4.69, 9.17) is 4.42 Å². The van der Waals surface area contributed by atoms with Gasteiger partial charge in [-0.05, 0) is 6.07 Å². The molecular weight excluding hydrogens is 353 g/mol. The first-order valence-corrected chi connectivity index (χ1v) is 8.75. The summed E-state index contributed by atoms with van der Waals surface area (Å²) in [4.78, 5) is 8.15. The molecule has 0 aliphatic rings. The highest BCUT2D eigenvalue weighted by Gasteiger charge is 2.18. The molecule has 5 aromatic rings. The second-order valence-corrected chi connectivity index (χ2v) is 6.67. The number of anilines is 1. The number of thiophene rings is 1. The third kappa shape index (κ3) is 2.19. The van der Waals surface area contributed by atoms with E-state index in [9.17, 15) is 4.39 Å². The molecule has 0 unspecified atom stereocenters. The summed E-state index contributed by atoms with van der Waals surface area (Å²) in [5.74, 6) is 0.793. The van der Waals surface area contributed by atoms with Gasteiger partial charge in [-0.2, -0.15) is 9.49 Å². The molecule has 2 N–H and O–H groups in total. The monoisotopic (exact) mass is 365 g/mol. The topological polar surface area (TPSA) is 79.6 Å². The number of furan rings is 1. The summed E-state index contributed by atoms with van der Waals surface area (Å²) in [6, 6.07) is 3.39. The number of rotatable bonds is 3. The van der Waals surface area contributed by atoms with Gasteiger partial charge >= 0.3 is 0 Å². The molecule has 0 aliphatic carbocycles. The number of hydrogen-bond donors (Lipinski definition) is 2. The Balaban J connectivity index is 1.79. The molecular formula is C18H12FN5OS. The summed E-state index contributed by atoms with van der Waals surface area (Å²) in [7, 11) is 1.79. The molecule has 0 radical (unpaired) electrons. The Labute approximate surface area is 150 Å². The Morgan fingerprint density at radius 2 is 2.04 bits per heavy atom. The zero-order valence-corrected chi connectivity index (χ0v) is 14.4. The van der Waals surface area contributed by atoms with Gasteiger partial charge in [-0.3, -0.25) is 5.10 Å². The lowest BCUT2D eigenvalue weighted by molar-refractivity contribution is 0.586. The molecule has 0 saturated carbocycles. The molecule has 0 amide bonds. The van der Waals surface area contributed by atoms with Crippen LogP contribution >= 0.6 is 11.3 Å². The maximum atomic E-state index is 13.6. The average molecular weight is 365 g/mol. The number of halogens is 1. The Bertz CT molecular complexity index is 1240. The molecule has 5 heterocycles. The number of H-pyrrole nitrogens is 1. The minimum atomic E-state index is -0.509. The average Bonchev–Trinajstić information content (AvgIpc) is 3.38. The lowest BCUT2D eigenvalue weighted by atomic mass is 10.1. The molecule has 128 valence electrons. The highest BCUT2D eigenvalue weighted by Crippen LogP contribution is 2.40.